The maximum atomic E-state index is 12.3. The van der Waals surface area contributed by atoms with Crippen LogP contribution in [0.25, 0.3) is 5.70 Å². The Labute approximate surface area is 128 Å². The number of nitrogens with one attached hydrogen (secondary N) is 1. The number of hydrogen-bond donors (Lipinski definition) is 1. The maximum Gasteiger partial charge on any atom is 0.341 e. The number of aromatic nitrogens is 1. The van der Waals surface area contributed by atoms with Crippen LogP contribution in [0.1, 0.15) is 36.7 Å². The highest BCUT2D eigenvalue weighted by Crippen LogP contribution is 2.39. The number of fused-ring (bicyclic) bond motifs is 1. The summed E-state index contributed by atoms with van der Waals surface area (Å²) in [5.74, 6) is 0.245. The van der Waals surface area contributed by atoms with Crippen LogP contribution in [0.5, 0.6) is 0 Å². The minimum atomic E-state index is -0.288. The quantitative estimate of drug-likeness (QED) is 0.685. The lowest BCUT2D eigenvalue weighted by atomic mass is 10.1. The van der Waals surface area contributed by atoms with Crippen LogP contribution in [-0.2, 0) is 16.0 Å². The van der Waals surface area contributed by atoms with Crippen LogP contribution >= 0.6 is 11.8 Å². The van der Waals surface area contributed by atoms with Gasteiger partial charge in [-0.25, -0.2) is 4.79 Å². The summed E-state index contributed by atoms with van der Waals surface area (Å²) in [6.45, 7) is 5.68. The van der Waals surface area contributed by atoms with Crippen LogP contribution in [-0.4, -0.2) is 35.3 Å². The minimum absolute atomic E-state index is 0.142. The lowest BCUT2D eigenvalue weighted by Gasteiger charge is -2.09. The summed E-state index contributed by atoms with van der Waals surface area (Å²) in [4.78, 5) is 23.8. The fraction of sp³-hybridized carbons (Fsp3) is 0.467. The molecule has 1 aliphatic rings. The molecule has 6 heteroatoms. The topological polar surface area (TPSA) is 60.3 Å². The first-order chi connectivity index (χ1) is 9.97. The number of amides is 1. The smallest absolute Gasteiger partial charge is 0.341 e. The van der Waals surface area contributed by atoms with Crippen molar-refractivity contribution in [1.82, 2.24) is 9.88 Å². The number of carbonyl (C=O) groups excluding carboxylic acids is 2. The Hall–Kier alpha value is -1.69. The maximum absolute atomic E-state index is 12.3. The van der Waals surface area contributed by atoms with E-state index in [1.807, 2.05) is 31.5 Å². The molecule has 1 amide bonds. The number of carbonyl (C=O) groups is 2. The molecule has 21 heavy (non-hydrogen) atoms. The zero-order valence-corrected chi connectivity index (χ0v) is 13.5. The van der Waals surface area contributed by atoms with Crippen molar-refractivity contribution in [3.8, 4) is 0 Å². The second-order valence-corrected chi connectivity index (χ2v) is 6.01. The number of likely N-dealkylation sites (N-methyl/N-ethyl adjacent to an activating group) is 1. The number of ether oxygens (including phenoxy) is 1. The third-order valence-electron chi connectivity index (χ3n) is 3.18. The minimum Gasteiger partial charge on any atom is -0.459 e. The highest BCUT2D eigenvalue weighted by Gasteiger charge is 2.28. The number of esters is 1. The predicted octanol–water partition coefficient (Wildman–Crippen LogP) is 2.31. The molecule has 1 aromatic rings. The molecule has 0 aliphatic carbocycles. The summed E-state index contributed by atoms with van der Waals surface area (Å²) in [6, 6.07) is 0. The Morgan fingerprint density at radius 2 is 2.24 bits per heavy atom. The lowest BCUT2D eigenvalue weighted by Crippen LogP contribution is -2.15. The third kappa shape index (κ3) is 3.15. The second-order valence-electron chi connectivity index (χ2n) is 5.05. The standard InChI is InChI=1S/C15H20N2O3S/c1-5-10-7-17-11(6-12(18)16-4)8-21-14(17)13(10)15(19)20-9(2)3/h6-7,9H,5,8H2,1-4H3,(H,16,18)/b11-6+. The Morgan fingerprint density at radius 3 is 2.81 bits per heavy atom. The van der Waals surface area contributed by atoms with Gasteiger partial charge in [0.1, 0.15) is 0 Å². The number of thioether (sulfide) groups is 1. The van der Waals surface area contributed by atoms with Gasteiger partial charge < -0.3 is 14.6 Å². The number of hydrogen-bond acceptors (Lipinski definition) is 4. The number of aryl methyl sites for hydroxylation is 1. The molecule has 0 bridgehead atoms. The fourth-order valence-electron chi connectivity index (χ4n) is 2.20. The largest absolute Gasteiger partial charge is 0.459 e. The monoisotopic (exact) mass is 308 g/mol. The van der Waals surface area contributed by atoms with Crippen LogP contribution in [0.4, 0.5) is 0 Å². The van der Waals surface area contributed by atoms with Crippen molar-refractivity contribution >= 4 is 29.3 Å². The molecule has 114 valence electrons. The molecule has 1 N–H and O–H groups in total. The fourth-order valence-corrected chi connectivity index (χ4v) is 3.37. The van der Waals surface area contributed by atoms with E-state index < -0.39 is 0 Å². The molecule has 1 aliphatic heterocycles. The van der Waals surface area contributed by atoms with Crippen LogP contribution in [0, 0.1) is 0 Å². The molecule has 0 unspecified atom stereocenters. The zero-order chi connectivity index (χ0) is 15.6. The molecule has 0 spiro atoms. The summed E-state index contributed by atoms with van der Waals surface area (Å²) in [6.07, 6.45) is 4.10. The molecular weight excluding hydrogens is 288 g/mol. The SMILES string of the molecule is CCc1cn2c(c1C(=O)OC(C)C)SC/C2=C\C(=O)NC. The highest BCUT2D eigenvalue weighted by molar-refractivity contribution is 8.00. The first-order valence-corrected chi connectivity index (χ1v) is 7.97. The molecule has 2 heterocycles. The number of rotatable bonds is 4. The van der Waals surface area contributed by atoms with Crippen molar-refractivity contribution in [1.29, 1.82) is 0 Å². The van der Waals surface area contributed by atoms with Crippen LogP contribution in [0.3, 0.4) is 0 Å². The average molecular weight is 308 g/mol. The van der Waals surface area contributed by atoms with E-state index in [1.165, 1.54) is 0 Å². The van der Waals surface area contributed by atoms with E-state index in [4.69, 9.17) is 4.74 Å². The van der Waals surface area contributed by atoms with Gasteiger partial charge in [0.2, 0.25) is 5.91 Å². The van der Waals surface area contributed by atoms with E-state index in [-0.39, 0.29) is 18.0 Å². The highest BCUT2D eigenvalue weighted by atomic mass is 32.2. The summed E-state index contributed by atoms with van der Waals surface area (Å²) in [5.41, 5.74) is 2.47. The van der Waals surface area contributed by atoms with Gasteiger partial charge in [0.05, 0.1) is 16.7 Å². The van der Waals surface area contributed by atoms with Gasteiger partial charge in [-0.1, -0.05) is 6.92 Å². The van der Waals surface area contributed by atoms with Crippen LogP contribution < -0.4 is 5.32 Å². The molecule has 0 radical (unpaired) electrons. The van der Waals surface area contributed by atoms with Gasteiger partial charge in [0.25, 0.3) is 0 Å². The molecule has 0 aromatic carbocycles. The van der Waals surface area contributed by atoms with E-state index >= 15 is 0 Å². The van der Waals surface area contributed by atoms with E-state index in [0.717, 1.165) is 22.7 Å². The van der Waals surface area contributed by atoms with Crippen molar-refractivity contribution in [2.75, 3.05) is 12.8 Å². The van der Waals surface area contributed by atoms with Gasteiger partial charge >= 0.3 is 5.97 Å². The Morgan fingerprint density at radius 1 is 1.52 bits per heavy atom. The first kappa shape index (κ1) is 15.7. The second kappa shape index (κ2) is 6.39. The van der Waals surface area contributed by atoms with E-state index in [2.05, 4.69) is 5.32 Å². The summed E-state index contributed by atoms with van der Waals surface area (Å²) >= 11 is 1.56. The molecule has 0 atom stereocenters. The van der Waals surface area contributed by atoms with Gasteiger partial charge in [0, 0.05) is 30.8 Å². The van der Waals surface area contributed by atoms with Crippen molar-refractivity contribution in [3.63, 3.8) is 0 Å². The van der Waals surface area contributed by atoms with Crippen molar-refractivity contribution in [3.05, 3.63) is 23.4 Å². The molecule has 0 saturated heterocycles. The van der Waals surface area contributed by atoms with Crippen molar-refractivity contribution in [2.24, 2.45) is 0 Å². The molecule has 0 saturated carbocycles. The van der Waals surface area contributed by atoms with E-state index in [9.17, 15) is 9.59 Å². The Kier molecular flexibility index (Phi) is 4.77. The van der Waals surface area contributed by atoms with Crippen LogP contribution in [0.15, 0.2) is 17.3 Å². The molecular formula is C15H20N2O3S. The van der Waals surface area contributed by atoms with Gasteiger partial charge in [-0.15, -0.1) is 11.8 Å². The molecule has 5 nitrogen and oxygen atoms in total. The van der Waals surface area contributed by atoms with Crippen molar-refractivity contribution in [2.45, 2.75) is 38.3 Å². The summed E-state index contributed by atoms with van der Waals surface area (Å²) in [5, 5.41) is 3.45. The normalized spacial score (nSPS) is 15.4. The van der Waals surface area contributed by atoms with Crippen LogP contribution in [0.2, 0.25) is 0 Å². The van der Waals surface area contributed by atoms with Gasteiger partial charge in [0.15, 0.2) is 0 Å². The molecule has 2 rings (SSSR count). The van der Waals surface area contributed by atoms with E-state index in [1.54, 1.807) is 24.9 Å². The third-order valence-corrected chi connectivity index (χ3v) is 4.29. The average Bonchev–Trinajstić information content (AvgIpc) is 2.97. The summed E-state index contributed by atoms with van der Waals surface area (Å²) in [7, 11) is 1.60. The first-order valence-electron chi connectivity index (χ1n) is 6.98. The molecule has 0 fully saturated rings. The predicted molar refractivity (Wildman–Crippen MR) is 83.4 cm³/mol. The zero-order valence-electron chi connectivity index (χ0n) is 12.7. The van der Waals surface area contributed by atoms with Gasteiger partial charge in [-0.05, 0) is 25.8 Å². The Bertz CT molecular complexity index is 602. The Balaban J connectivity index is 2.42. The summed E-state index contributed by atoms with van der Waals surface area (Å²) < 4.78 is 7.26. The van der Waals surface area contributed by atoms with Gasteiger partial charge in [-0.2, -0.15) is 0 Å². The lowest BCUT2D eigenvalue weighted by molar-refractivity contribution is -0.116. The van der Waals surface area contributed by atoms with E-state index in [0.29, 0.717) is 11.3 Å². The van der Waals surface area contributed by atoms with Gasteiger partial charge in [-0.3, -0.25) is 4.79 Å². The number of nitrogens with zero attached hydrogens (tertiary/aromatic N) is 1. The van der Waals surface area contributed by atoms with Crippen molar-refractivity contribution < 1.29 is 14.3 Å². The molecule has 1 aromatic heterocycles.